The van der Waals surface area contributed by atoms with Crippen LogP contribution in [0.25, 0.3) is 10.1 Å². The molecule has 1 amide bonds. The zero-order valence-electron chi connectivity index (χ0n) is 13.8. The Hall–Kier alpha value is -2.14. The van der Waals surface area contributed by atoms with E-state index in [1.54, 1.807) is 11.3 Å². The molecule has 3 aromatic rings. The van der Waals surface area contributed by atoms with Gasteiger partial charge in [0, 0.05) is 42.6 Å². The van der Waals surface area contributed by atoms with E-state index in [0.29, 0.717) is 5.92 Å². The Kier molecular flexibility index (Phi) is 4.10. The molecule has 1 fully saturated rings. The van der Waals surface area contributed by atoms with Crippen molar-refractivity contribution in [3.8, 4) is 0 Å². The minimum absolute atomic E-state index is 0.175. The summed E-state index contributed by atoms with van der Waals surface area (Å²) in [7, 11) is 0. The van der Waals surface area contributed by atoms with Gasteiger partial charge in [-0.05, 0) is 37.3 Å². The van der Waals surface area contributed by atoms with Crippen molar-refractivity contribution in [3.05, 3.63) is 53.4 Å². The minimum atomic E-state index is 0.175. The molecule has 0 spiro atoms. The number of piperidine rings is 1. The summed E-state index contributed by atoms with van der Waals surface area (Å²) in [6.07, 6.45) is 5.92. The SMILES string of the molecule is CCn1ccnc1C1CCN(C(=O)c2cc3ccccc3s2)CC1. The van der Waals surface area contributed by atoms with E-state index >= 15 is 0 Å². The van der Waals surface area contributed by atoms with Crippen LogP contribution in [-0.4, -0.2) is 33.4 Å². The molecule has 0 unspecified atom stereocenters. The van der Waals surface area contributed by atoms with E-state index in [2.05, 4.69) is 28.6 Å². The molecule has 1 aliphatic heterocycles. The van der Waals surface area contributed by atoms with Gasteiger partial charge in [-0.25, -0.2) is 4.98 Å². The summed E-state index contributed by atoms with van der Waals surface area (Å²) in [5.74, 6) is 1.81. The van der Waals surface area contributed by atoms with E-state index in [4.69, 9.17) is 0 Å². The Balaban J connectivity index is 1.46. The van der Waals surface area contributed by atoms with Crippen molar-refractivity contribution in [2.24, 2.45) is 0 Å². The zero-order valence-corrected chi connectivity index (χ0v) is 14.6. The smallest absolute Gasteiger partial charge is 0.263 e. The van der Waals surface area contributed by atoms with Gasteiger partial charge in [0.05, 0.1) is 4.88 Å². The first kappa shape index (κ1) is 15.4. The van der Waals surface area contributed by atoms with E-state index in [9.17, 15) is 4.79 Å². The molecule has 5 heteroatoms. The van der Waals surface area contributed by atoms with Crippen molar-refractivity contribution in [1.82, 2.24) is 14.5 Å². The number of nitrogens with zero attached hydrogens (tertiary/aromatic N) is 3. The second kappa shape index (κ2) is 6.40. The number of fused-ring (bicyclic) bond motifs is 1. The van der Waals surface area contributed by atoms with E-state index in [0.717, 1.165) is 42.7 Å². The van der Waals surface area contributed by atoms with E-state index in [1.807, 2.05) is 35.5 Å². The van der Waals surface area contributed by atoms with Crippen LogP contribution >= 0.6 is 11.3 Å². The molecule has 3 heterocycles. The number of rotatable bonds is 3. The first-order valence-electron chi connectivity index (χ1n) is 8.55. The molecule has 0 saturated carbocycles. The summed E-state index contributed by atoms with van der Waals surface area (Å²) in [6.45, 7) is 4.73. The molecule has 0 bridgehead atoms. The summed E-state index contributed by atoms with van der Waals surface area (Å²) in [5, 5.41) is 1.16. The Bertz CT molecular complexity index is 825. The number of amides is 1. The maximum absolute atomic E-state index is 12.8. The van der Waals surface area contributed by atoms with Crippen LogP contribution in [0.3, 0.4) is 0 Å². The Morgan fingerprint density at radius 3 is 2.83 bits per heavy atom. The normalized spacial score (nSPS) is 16.0. The third-order valence-electron chi connectivity index (χ3n) is 4.87. The quantitative estimate of drug-likeness (QED) is 0.719. The number of thiophene rings is 1. The van der Waals surface area contributed by atoms with Crippen molar-refractivity contribution in [2.45, 2.75) is 32.2 Å². The van der Waals surface area contributed by atoms with Gasteiger partial charge in [-0.1, -0.05) is 18.2 Å². The zero-order chi connectivity index (χ0) is 16.5. The largest absolute Gasteiger partial charge is 0.338 e. The fraction of sp³-hybridized carbons (Fsp3) is 0.368. The molecule has 4 nitrogen and oxygen atoms in total. The van der Waals surface area contributed by atoms with Crippen LogP contribution in [-0.2, 0) is 6.54 Å². The highest BCUT2D eigenvalue weighted by molar-refractivity contribution is 7.20. The van der Waals surface area contributed by atoms with Gasteiger partial charge in [0.15, 0.2) is 0 Å². The van der Waals surface area contributed by atoms with E-state index < -0.39 is 0 Å². The maximum atomic E-state index is 12.8. The van der Waals surface area contributed by atoms with Gasteiger partial charge in [-0.15, -0.1) is 11.3 Å². The van der Waals surface area contributed by atoms with Crippen LogP contribution in [0.5, 0.6) is 0 Å². The number of benzene rings is 1. The van der Waals surface area contributed by atoms with Crippen molar-refractivity contribution >= 4 is 27.3 Å². The highest BCUT2D eigenvalue weighted by atomic mass is 32.1. The van der Waals surface area contributed by atoms with E-state index in [1.165, 1.54) is 10.5 Å². The molecule has 24 heavy (non-hydrogen) atoms. The van der Waals surface area contributed by atoms with Gasteiger partial charge in [0.2, 0.25) is 0 Å². The second-order valence-corrected chi connectivity index (χ2v) is 7.37. The molecular weight excluding hydrogens is 318 g/mol. The summed E-state index contributed by atoms with van der Waals surface area (Å²) < 4.78 is 3.40. The highest BCUT2D eigenvalue weighted by Gasteiger charge is 2.27. The number of imidazole rings is 1. The van der Waals surface area contributed by atoms with Crippen LogP contribution < -0.4 is 0 Å². The summed E-state index contributed by atoms with van der Waals surface area (Å²) >= 11 is 1.60. The molecule has 0 radical (unpaired) electrons. The summed E-state index contributed by atoms with van der Waals surface area (Å²) in [4.78, 5) is 20.2. The number of carbonyl (C=O) groups is 1. The van der Waals surface area contributed by atoms with Crippen LogP contribution in [0.2, 0.25) is 0 Å². The van der Waals surface area contributed by atoms with Crippen molar-refractivity contribution in [1.29, 1.82) is 0 Å². The topological polar surface area (TPSA) is 38.1 Å². The lowest BCUT2D eigenvalue weighted by molar-refractivity contribution is 0.0715. The third kappa shape index (κ3) is 2.73. The number of carbonyl (C=O) groups excluding carboxylic acids is 1. The van der Waals surface area contributed by atoms with Crippen molar-refractivity contribution < 1.29 is 4.79 Å². The first-order chi connectivity index (χ1) is 11.8. The minimum Gasteiger partial charge on any atom is -0.338 e. The standard InChI is InChI=1S/C19H21N3OS/c1-2-21-12-9-20-18(21)14-7-10-22(11-8-14)19(23)17-13-15-5-3-4-6-16(15)24-17/h3-6,9,12-14H,2,7-8,10-11H2,1H3. The summed E-state index contributed by atoms with van der Waals surface area (Å²) in [6, 6.07) is 10.2. The van der Waals surface area contributed by atoms with Crippen molar-refractivity contribution in [2.75, 3.05) is 13.1 Å². The predicted octanol–water partition coefficient (Wildman–Crippen LogP) is 4.14. The van der Waals surface area contributed by atoms with Crippen LogP contribution in [0.1, 0.15) is 41.2 Å². The van der Waals surface area contributed by atoms with E-state index in [-0.39, 0.29) is 5.91 Å². The first-order valence-corrected chi connectivity index (χ1v) is 9.37. The third-order valence-corrected chi connectivity index (χ3v) is 5.98. The number of aromatic nitrogens is 2. The lowest BCUT2D eigenvalue weighted by Gasteiger charge is -2.31. The molecular formula is C19H21N3OS. The molecule has 0 N–H and O–H groups in total. The number of hydrogen-bond acceptors (Lipinski definition) is 3. The average molecular weight is 339 g/mol. The van der Waals surface area contributed by atoms with Gasteiger partial charge < -0.3 is 9.47 Å². The Morgan fingerprint density at radius 1 is 1.29 bits per heavy atom. The van der Waals surface area contributed by atoms with Crippen LogP contribution in [0, 0.1) is 0 Å². The van der Waals surface area contributed by atoms with Crippen molar-refractivity contribution in [3.63, 3.8) is 0 Å². The molecule has 1 aliphatic rings. The monoisotopic (exact) mass is 339 g/mol. The fourth-order valence-electron chi connectivity index (χ4n) is 3.53. The summed E-state index contributed by atoms with van der Waals surface area (Å²) in [5.41, 5.74) is 0. The lowest BCUT2D eigenvalue weighted by Crippen LogP contribution is -2.38. The Morgan fingerprint density at radius 2 is 2.08 bits per heavy atom. The van der Waals surface area contributed by atoms with Gasteiger partial charge >= 0.3 is 0 Å². The van der Waals surface area contributed by atoms with Crippen LogP contribution in [0.4, 0.5) is 0 Å². The molecule has 2 aromatic heterocycles. The molecule has 124 valence electrons. The lowest BCUT2D eigenvalue weighted by atomic mass is 9.95. The number of aryl methyl sites for hydroxylation is 1. The Labute approximate surface area is 145 Å². The maximum Gasteiger partial charge on any atom is 0.263 e. The second-order valence-electron chi connectivity index (χ2n) is 6.29. The number of hydrogen-bond donors (Lipinski definition) is 0. The molecule has 0 aliphatic carbocycles. The van der Waals surface area contributed by atoms with Gasteiger partial charge in [-0.2, -0.15) is 0 Å². The number of likely N-dealkylation sites (tertiary alicyclic amines) is 1. The molecule has 1 aromatic carbocycles. The predicted molar refractivity (Wildman–Crippen MR) is 97.6 cm³/mol. The average Bonchev–Trinajstić information content (AvgIpc) is 3.27. The van der Waals surface area contributed by atoms with Gasteiger partial charge in [0.25, 0.3) is 5.91 Å². The highest BCUT2D eigenvalue weighted by Crippen LogP contribution is 2.30. The molecule has 1 saturated heterocycles. The van der Waals surface area contributed by atoms with Gasteiger partial charge in [0.1, 0.15) is 5.82 Å². The van der Waals surface area contributed by atoms with Gasteiger partial charge in [-0.3, -0.25) is 4.79 Å². The van der Waals surface area contributed by atoms with Crippen LogP contribution in [0.15, 0.2) is 42.7 Å². The fourth-order valence-corrected chi connectivity index (χ4v) is 4.56. The molecule has 4 rings (SSSR count). The molecule has 0 atom stereocenters.